The zero-order valence-corrected chi connectivity index (χ0v) is 16.4. The van der Waals surface area contributed by atoms with Crippen LogP contribution in [0.5, 0.6) is 0 Å². The number of piperidine rings is 1. The van der Waals surface area contributed by atoms with E-state index in [9.17, 15) is 9.59 Å². The van der Waals surface area contributed by atoms with Crippen molar-refractivity contribution in [3.05, 3.63) is 29.7 Å². The number of rotatable bonds is 3. The van der Waals surface area contributed by atoms with Gasteiger partial charge in [-0.25, -0.2) is 14.3 Å². The van der Waals surface area contributed by atoms with Crippen molar-refractivity contribution in [3.8, 4) is 0 Å². The van der Waals surface area contributed by atoms with Crippen LogP contribution in [0.1, 0.15) is 56.1 Å². The molecule has 0 radical (unpaired) electrons. The molecule has 8 heteroatoms. The van der Waals surface area contributed by atoms with Crippen molar-refractivity contribution in [2.45, 2.75) is 58.6 Å². The zero-order chi connectivity index (χ0) is 19.6. The average molecular weight is 373 g/mol. The highest BCUT2D eigenvalue weighted by molar-refractivity contribution is 6.01. The molecule has 2 aromatic rings. The molecule has 1 aliphatic heterocycles. The topological polar surface area (TPSA) is 88.8 Å². The SMILES string of the molecule is Cc1nn2cccnc2c1C(=O)NCC1CCCCN1C(=O)OC(C)(C)C. The van der Waals surface area contributed by atoms with Crippen molar-refractivity contribution >= 4 is 17.6 Å². The van der Waals surface area contributed by atoms with Gasteiger partial charge in [0.25, 0.3) is 5.91 Å². The van der Waals surface area contributed by atoms with Crippen LogP contribution in [0, 0.1) is 6.92 Å². The Morgan fingerprint density at radius 3 is 2.85 bits per heavy atom. The predicted octanol–water partition coefficient (Wildman–Crippen LogP) is 2.56. The van der Waals surface area contributed by atoms with Gasteiger partial charge < -0.3 is 15.0 Å². The molecule has 146 valence electrons. The van der Waals surface area contributed by atoms with E-state index in [4.69, 9.17) is 4.74 Å². The number of likely N-dealkylation sites (tertiary alicyclic amines) is 1. The Morgan fingerprint density at radius 1 is 1.33 bits per heavy atom. The summed E-state index contributed by atoms with van der Waals surface area (Å²) < 4.78 is 7.11. The van der Waals surface area contributed by atoms with Crippen LogP contribution in [0.3, 0.4) is 0 Å². The molecule has 27 heavy (non-hydrogen) atoms. The summed E-state index contributed by atoms with van der Waals surface area (Å²) in [6.07, 6.45) is 5.88. The Hall–Kier alpha value is -2.64. The van der Waals surface area contributed by atoms with Crippen LogP contribution in [0.25, 0.3) is 5.65 Å². The van der Waals surface area contributed by atoms with Crippen molar-refractivity contribution in [2.75, 3.05) is 13.1 Å². The molecule has 8 nitrogen and oxygen atoms in total. The van der Waals surface area contributed by atoms with Crippen molar-refractivity contribution in [2.24, 2.45) is 0 Å². The fourth-order valence-electron chi connectivity index (χ4n) is 3.34. The van der Waals surface area contributed by atoms with Crippen LogP contribution in [0.4, 0.5) is 4.79 Å². The lowest BCUT2D eigenvalue weighted by Crippen LogP contribution is -2.50. The Kier molecular flexibility index (Phi) is 5.34. The summed E-state index contributed by atoms with van der Waals surface area (Å²) in [5, 5.41) is 7.27. The number of carbonyl (C=O) groups excluding carboxylic acids is 2. The Morgan fingerprint density at radius 2 is 2.11 bits per heavy atom. The van der Waals surface area contributed by atoms with Crippen LogP contribution < -0.4 is 5.32 Å². The third-order valence-corrected chi connectivity index (χ3v) is 4.55. The summed E-state index contributed by atoms with van der Waals surface area (Å²) >= 11 is 0. The summed E-state index contributed by atoms with van der Waals surface area (Å²) in [6.45, 7) is 8.37. The molecule has 0 aromatic carbocycles. The molecule has 0 bridgehead atoms. The molecule has 1 N–H and O–H groups in total. The van der Waals surface area contributed by atoms with Gasteiger partial charge in [-0.3, -0.25) is 4.79 Å². The highest BCUT2D eigenvalue weighted by atomic mass is 16.6. The minimum atomic E-state index is -0.539. The van der Waals surface area contributed by atoms with Gasteiger partial charge in [0.15, 0.2) is 5.65 Å². The lowest BCUT2D eigenvalue weighted by atomic mass is 10.0. The summed E-state index contributed by atoms with van der Waals surface area (Å²) in [6, 6.07) is 1.69. The molecule has 0 saturated carbocycles. The van der Waals surface area contributed by atoms with Crippen molar-refractivity contribution in [1.29, 1.82) is 0 Å². The van der Waals surface area contributed by atoms with Crippen LogP contribution in [0.15, 0.2) is 18.5 Å². The minimum absolute atomic E-state index is 0.0762. The zero-order valence-electron chi connectivity index (χ0n) is 16.4. The number of ether oxygens (including phenoxy) is 1. The number of nitrogens with zero attached hydrogens (tertiary/aromatic N) is 4. The number of hydrogen-bond acceptors (Lipinski definition) is 5. The van der Waals surface area contributed by atoms with Gasteiger partial charge in [-0.1, -0.05) is 0 Å². The second kappa shape index (κ2) is 7.54. The highest BCUT2D eigenvalue weighted by Crippen LogP contribution is 2.20. The molecule has 0 aliphatic carbocycles. The van der Waals surface area contributed by atoms with E-state index in [2.05, 4.69) is 15.4 Å². The number of aryl methyl sites for hydroxylation is 1. The second-order valence-corrected chi connectivity index (χ2v) is 7.88. The summed E-state index contributed by atoms with van der Waals surface area (Å²) in [5.74, 6) is -0.226. The Labute approximate surface area is 158 Å². The maximum absolute atomic E-state index is 12.7. The molecule has 3 heterocycles. The highest BCUT2D eigenvalue weighted by Gasteiger charge is 2.31. The van der Waals surface area contributed by atoms with Gasteiger partial charge >= 0.3 is 6.09 Å². The summed E-state index contributed by atoms with van der Waals surface area (Å²) in [4.78, 5) is 31.2. The van der Waals surface area contributed by atoms with E-state index in [1.54, 1.807) is 34.8 Å². The molecular formula is C19H27N5O3. The second-order valence-electron chi connectivity index (χ2n) is 7.88. The number of amides is 2. The Balaban J connectivity index is 1.69. The molecule has 1 atom stereocenters. The van der Waals surface area contributed by atoms with Crippen LogP contribution in [-0.2, 0) is 4.74 Å². The van der Waals surface area contributed by atoms with Gasteiger partial charge in [-0.2, -0.15) is 5.10 Å². The van der Waals surface area contributed by atoms with Crippen molar-refractivity contribution in [3.63, 3.8) is 0 Å². The Bertz CT molecular complexity index is 839. The molecule has 1 unspecified atom stereocenters. The monoisotopic (exact) mass is 373 g/mol. The van der Waals surface area contributed by atoms with Crippen LogP contribution >= 0.6 is 0 Å². The molecule has 0 spiro atoms. The maximum Gasteiger partial charge on any atom is 0.410 e. The van der Waals surface area contributed by atoms with Crippen molar-refractivity contribution < 1.29 is 14.3 Å². The van der Waals surface area contributed by atoms with Gasteiger partial charge in [0.1, 0.15) is 11.2 Å². The van der Waals surface area contributed by atoms with Crippen molar-refractivity contribution in [1.82, 2.24) is 24.8 Å². The molecule has 1 fully saturated rings. The first-order valence-corrected chi connectivity index (χ1v) is 9.34. The number of fused-ring (bicyclic) bond motifs is 1. The minimum Gasteiger partial charge on any atom is -0.444 e. The molecule has 1 aliphatic rings. The fourth-order valence-corrected chi connectivity index (χ4v) is 3.34. The smallest absolute Gasteiger partial charge is 0.410 e. The first-order valence-electron chi connectivity index (χ1n) is 9.34. The standard InChI is InChI=1S/C19H27N5O3/c1-13-15(16-20-9-7-11-24(16)22-13)17(25)21-12-14-8-5-6-10-23(14)18(26)27-19(2,3)4/h7,9,11,14H,5-6,8,10,12H2,1-4H3,(H,21,25). The summed E-state index contributed by atoms with van der Waals surface area (Å²) in [7, 11) is 0. The first kappa shape index (κ1) is 19.1. The largest absolute Gasteiger partial charge is 0.444 e. The number of hydrogen-bond donors (Lipinski definition) is 1. The van der Waals surface area contributed by atoms with Crippen LogP contribution in [-0.4, -0.2) is 56.2 Å². The van der Waals surface area contributed by atoms with Gasteiger partial charge in [0.2, 0.25) is 0 Å². The normalized spacial score (nSPS) is 17.8. The van der Waals surface area contributed by atoms with E-state index in [0.717, 1.165) is 19.3 Å². The number of aromatic nitrogens is 3. The third-order valence-electron chi connectivity index (χ3n) is 4.55. The predicted molar refractivity (Wildman–Crippen MR) is 101 cm³/mol. The third kappa shape index (κ3) is 4.37. The first-order chi connectivity index (χ1) is 12.8. The van der Waals surface area contributed by atoms with E-state index in [1.165, 1.54) is 0 Å². The molecule has 2 aromatic heterocycles. The van der Waals surface area contributed by atoms with E-state index in [0.29, 0.717) is 30.0 Å². The van der Waals surface area contributed by atoms with E-state index in [1.807, 2.05) is 20.8 Å². The quantitative estimate of drug-likeness (QED) is 0.893. The summed E-state index contributed by atoms with van der Waals surface area (Å²) in [5.41, 5.74) is 1.08. The van der Waals surface area contributed by atoms with Gasteiger partial charge in [0.05, 0.1) is 11.7 Å². The molecule has 3 rings (SSSR count). The maximum atomic E-state index is 12.7. The van der Waals surface area contributed by atoms with Gasteiger partial charge in [-0.15, -0.1) is 0 Å². The lowest BCUT2D eigenvalue weighted by Gasteiger charge is -2.36. The number of nitrogens with one attached hydrogen (secondary N) is 1. The molecule has 2 amide bonds. The number of carbonyl (C=O) groups is 2. The molecule has 1 saturated heterocycles. The van der Waals surface area contributed by atoms with E-state index >= 15 is 0 Å². The van der Waals surface area contributed by atoms with Gasteiger partial charge in [0, 0.05) is 25.5 Å². The fraction of sp³-hybridized carbons (Fsp3) is 0.579. The molecular weight excluding hydrogens is 346 g/mol. The van der Waals surface area contributed by atoms with E-state index in [-0.39, 0.29) is 18.0 Å². The average Bonchev–Trinajstić information content (AvgIpc) is 2.94. The van der Waals surface area contributed by atoms with Gasteiger partial charge in [-0.05, 0) is 53.0 Å². The van der Waals surface area contributed by atoms with E-state index < -0.39 is 5.60 Å². The van der Waals surface area contributed by atoms with Crippen LogP contribution in [0.2, 0.25) is 0 Å². The lowest BCUT2D eigenvalue weighted by molar-refractivity contribution is 0.00986.